The monoisotopic (exact) mass is 194 g/mol. The normalized spacial score (nSPS) is 17.7. The van der Waals surface area contributed by atoms with Gasteiger partial charge in [0.1, 0.15) is 0 Å². The van der Waals surface area contributed by atoms with Crippen LogP contribution in [0.2, 0.25) is 0 Å². The third kappa shape index (κ3) is 2.82. The molecular formula is C10H18N4. The first kappa shape index (κ1) is 9.68. The van der Waals surface area contributed by atoms with E-state index in [0.717, 1.165) is 13.1 Å². The molecular weight excluding hydrogens is 176 g/mol. The van der Waals surface area contributed by atoms with Gasteiger partial charge in [0.25, 0.3) is 0 Å². The van der Waals surface area contributed by atoms with E-state index in [1.54, 1.807) is 0 Å². The second-order valence-electron chi connectivity index (χ2n) is 3.83. The lowest BCUT2D eigenvalue weighted by atomic mass is 10.3. The van der Waals surface area contributed by atoms with E-state index < -0.39 is 0 Å². The van der Waals surface area contributed by atoms with Crippen LogP contribution in [0.1, 0.15) is 18.4 Å². The number of hydrogen-bond donors (Lipinski definition) is 2. The summed E-state index contributed by atoms with van der Waals surface area (Å²) in [4.78, 5) is 2.52. The third-order valence-electron chi connectivity index (χ3n) is 2.69. The maximum atomic E-state index is 3.90. The number of likely N-dealkylation sites (tertiary alicyclic amines) is 1. The van der Waals surface area contributed by atoms with Gasteiger partial charge in [-0.25, -0.2) is 0 Å². The molecule has 1 aromatic heterocycles. The van der Waals surface area contributed by atoms with Gasteiger partial charge in [0, 0.05) is 31.4 Å². The average molecular weight is 194 g/mol. The van der Waals surface area contributed by atoms with Crippen LogP contribution in [0.3, 0.4) is 0 Å². The largest absolute Gasteiger partial charge is 0.311 e. The highest BCUT2D eigenvalue weighted by Gasteiger charge is 2.09. The Morgan fingerprint density at radius 2 is 2.29 bits per heavy atom. The number of H-pyrrole nitrogens is 1. The molecule has 1 fully saturated rings. The lowest BCUT2D eigenvalue weighted by molar-refractivity contribution is 0.335. The van der Waals surface area contributed by atoms with Crippen molar-refractivity contribution in [3.8, 4) is 0 Å². The number of aromatic amines is 1. The number of hydrogen-bond acceptors (Lipinski definition) is 3. The van der Waals surface area contributed by atoms with E-state index in [-0.39, 0.29) is 0 Å². The fourth-order valence-electron chi connectivity index (χ4n) is 1.85. The molecule has 2 heterocycles. The van der Waals surface area contributed by atoms with Gasteiger partial charge in [-0.1, -0.05) is 0 Å². The summed E-state index contributed by atoms with van der Waals surface area (Å²) in [5.41, 5.74) is 1.23. The molecule has 0 atom stereocenters. The van der Waals surface area contributed by atoms with Gasteiger partial charge < -0.3 is 10.2 Å². The van der Waals surface area contributed by atoms with Crippen molar-refractivity contribution in [3.05, 3.63) is 18.0 Å². The van der Waals surface area contributed by atoms with E-state index in [0.29, 0.717) is 0 Å². The van der Waals surface area contributed by atoms with Gasteiger partial charge in [-0.2, -0.15) is 5.10 Å². The van der Waals surface area contributed by atoms with Crippen LogP contribution in [0, 0.1) is 0 Å². The molecule has 78 valence electrons. The Morgan fingerprint density at radius 3 is 3.00 bits per heavy atom. The Bertz CT molecular complexity index is 239. The fraction of sp³-hybridized carbons (Fsp3) is 0.700. The molecule has 14 heavy (non-hydrogen) atoms. The van der Waals surface area contributed by atoms with Crippen molar-refractivity contribution in [2.45, 2.75) is 19.4 Å². The summed E-state index contributed by atoms with van der Waals surface area (Å²) in [7, 11) is 0. The van der Waals surface area contributed by atoms with Gasteiger partial charge in [0.2, 0.25) is 0 Å². The van der Waals surface area contributed by atoms with Crippen molar-refractivity contribution < 1.29 is 0 Å². The Kier molecular flexibility index (Phi) is 3.54. The van der Waals surface area contributed by atoms with Gasteiger partial charge in [-0.15, -0.1) is 0 Å². The SMILES string of the molecule is c1n[nH]cc1CNCCN1CCCC1. The summed E-state index contributed by atoms with van der Waals surface area (Å²) in [6.07, 6.45) is 6.55. The predicted octanol–water partition coefficient (Wildman–Crippen LogP) is 0.595. The van der Waals surface area contributed by atoms with Crippen molar-refractivity contribution in [1.29, 1.82) is 0 Å². The van der Waals surface area contributed by atoms with E-state index in [2.05, 4.69) is 20.4 Å². The molecule has 0 unspecified atom stereocenters. The zero-order valence-electron chi connectivity index (χ0n) is 8.50. The Morgan fingerprint density at radius 1 is 1.43 bits per heavy atom. The molecule has 0 amide bonds. The van der Waals surface area contributed by atoms with E-state index in [4.69, 9.17) is 0 Å². The summed E-state index contributed by atoms with van der Waals surface area (Å²) in [5.74, 6) is 0. The maximum absolute atomic E-state index is 3.90. The Balaban J connectivity index is 1.55. The molecule has 1 saturated heterocycles. The number of aromatic nitrogens is 2. The fourth-order valence-corrected chi connectivity index (χ4v) is 1.85. The van der Waals surface area contributed by atoms with Crippen LogP contribution in [0.15, 0.2) is 12.4 Å². The van der Waals surface area contributed by atoms with Crippen LogP contribution in [0.25, 0.3) is 0 Å². The molecule has 2 N–H and O–H groups in total. The van der Waals surface area contributed by atoms with Crippen LogP contribution in [-0.4, -0.2) is 41.3 Å². The van der Waals surface area contributed by atoms with E-state index in [1.807, 2.05) is 12.4 Å². The highest BCUT2D eigenvalue weighted by molar-refractivity contribution is 5.01. The maximum Gasteiger partial charge on any atom is 0.0532 e. The molecule has 0 saturated carbocycles. The smallest absolute Gasteiger partial charge is 0.0532 e. The third-order valence-corrected chi connectivity index (χ3v) is 2.69. The van der Waals surface area contributed by atoms with Crippen LogP contribution >= 0.6 is 0 Å². The number of nitrogens with zero attached hydrogens (tertiary/aromatic N) is 2. The summed E-state index contributed by atoms with van der Waals surface area (Å²) in [5, 5.41) is 10.1. The van der Waals surface area contributed by atoms with E-state index in [9.17, 15) is 0 Å². The summed E-state index contributed by atoms with van der Waals surface area (Å²) in [6, 6.07) is 0. The van der Waals surface area contributed by atoms with E-state index in [1.165, 1.54) is 38.0 Å². The van der Waals surface area contributed by atoms with Gasteiger partial charge in [-0.3, -0.25) is 5.10 Å². The highest BCUT2D eigenvalue weighted by atomic mass is 15.1. The van der Waals surface area contributed by atoms with Crippen molar-refractivity contribution >= 4 is 0 Å². The van der Waals surface area contributed by atoms with Gasteiger partial charge in [0.15, 0.2) is 0 Å². The molecule has 1 aliphatic rings. The van der Waals surface area contributed by atoms with Crippen molar-refractivity contribution in [3.63, 3.8) is 0 Å². The second kappa shape index (κ2) is 5.12. The van der Waals surface area contributed by atoms with Gasteiger partial charge in [0.05, 0.1) is 6.20 Å². The minimum Gasteiger partial charge on any atom is -0.311 e. The second-order valence-corrected chi connectivity index (χ2v) is 3.83. The Hall–Kier alpha value is -0.870. The van der Waals surface area contributed by atoms with Crippen molar-refractivity contribution in [2.24, 2.45) is 0 Å². The lowest BCUT2D eigenvalue weighted by Crippen LogP contribution is -2.29. The summed E-state index contributed by atoms with van der Waals surface area (Å²) in [6.45, 7) is 5.74. The lowest BCUT2D eigenvalue weighted by Gasteiger charge is -2.14. The number of nitrogens with one attached hydrogen (secondary N) is 2. The molecule has 4 heteroatoms. The number of rotatable bonds is 5. The minimum absolute atomic E-state index is 0.921. The van der Waals surface area contributed by atoms with Crippen molar-refractivity contribution in [1.82, 2.24) is 20.4 Å². The zero-order valence-corrected chi connectivity index (χ0v) is 8.50. The van der Waals surface area contributed by atoms with Crippen LogP contribution < -0.4 is 5.32 Å². The summed E-state index contributed by atoms with van der Waals surface area (Å²) < 4.78 is 0. The molecule has 0 bridgehead atoms. The van der Waals surface area contributed by atoms with Gasteiger partial charge in [-0.05, 0) is 25.9 Å². The highest BCUT2D eigenvalue weighted by Crippen LogP contribution is 2.05. The first-order valence-electron chi connectivity index (χ1n) is 5.36. The molecule has 1 aromatic rings. The first-order valence-corrected chi connectivity index (χ1v) is 5.36. The van der Waals surface area contributed by atoms with Crippen LogP contribution in [0.4, 0.5) is 0 Å². The molecule has 4 nitrogen and oxygen atoms in total. The van der Waals surface area contributed by atoms with Crippen LogP contribution in [0.5, 0.6) is 0 Å². The first-order chi connectivity index (χ1) is 6.95. The van der Waals surface area contributed by atoms with Crippen molar-refractivity contribution in [2.75, 3.05) is 26.2 Å². The molecule has 2 rings (SSSR count). The zero-order chi connectivity index (χ0) is 9.64. The van der Waals surface area contributed by atoms with Gasteiger partial charge >= 0.3 is 0 Å². The Labute approximate surface area is 84.7 Å². The molecule has 0 aromatic carbocycles. The topological polar surface area (TPSA) is 44.0 Å². The average Bonchev–Trinajstić information content (AvgIpc) is 2.86. The van der Waals surface area contributed by atoms with E-state index >= 15 is 0 Å². The molecule has 0 radical (unpaired) electrons. The van der Waals surface area contributed by atoms with Crippen LogP contribution in [-0.2, 0) is 6.54 Å². The molecule has 0 aliphatic carbocycles. The quantitative estimate of drug-likeness (QED) is 0.674. The standard InChI is InChI=1S/C10H18N4/c1-2-5-14(4-1)6-3-11-7-10-8-12-13-9-10/h8-9,11H,1-7H2,(H,12,13). The predicted molar refractivity (Wildman–Crippen MR) is 56.0 cm³/mol. The summed E-state index contributed by atoms with van der Waals surface area (Å²) >= 11 is 0. The molecule has 1 aliphatic heterocycles. The minimum atomic E-state index is 0.921. The molecule has 0 spiro atoms.